The van der Waals surface area contributed by atoms with E-state index >= 15 is 0 Å². The van der Waals surface area contributed by atoms with E-state index in [0.717, 1.165) is 19.0 Å². The molecule has 1 aliphatic heterocycles. The number of rotatable bonds is 4. The van der Waals surface area contributed by atoms with E-state index in [1.54, 1.807) is 0 Å². The molecule has 3 heteroatoms. The van der Waals surface area contributed by atoms with E-state index < -0.39 is 0 Å². The summed E-state index contributed by atoms with van der Waals surface area (Å²) in [7, 11) is 2.22. The van der Waals surface area contributed by atoms with Gasteiger partial charge < -0.3 is 15.2 Å². The molecule has 1 aromatic heterocycles. The molecule has 0 spiro atoms. The number of likely N-dealkylation sites (tertiary alicyclic amines) is 1. The fourth-order valence-corrected chi connectivity index (χ4v) is 3.84. The average molecular weight is 285 g/mol. The van der Waals surface area contributed by atoms with Crippen LogP contribution in [0.3, 0.4) is 0 Å². The first-order chi connectivity index (χ1) is 10.2. The quantitative estimate of drug-likeness (QED) is 0.937. The van der Waals surface area contributed by atoms with Gasteiger partial charge in [-0.05, 0) is 64.0 Å². The number of aryl methyl sites for hydroxylation is 1. The normalized spacial score (nSPS) is 19.2. The first kappa shape index (κ1) is 14.6. The van der Waals surface area contributed by atoms with Gasteiger partial charge in [-0.1, -0.05) is 18.2 Å². The molecule has 0 saturated carbocycles. The highest BCUT2D eigenvalue weighted by atomic mass is 15.1. The maximum Gasteiger partial charge on any atom is 0.0483 e. The zero-order chi connectivity index (χ0) is 14.8. The van der Waals surface area contributed by atoms with Crippen LogP contribution in [0.4, 0.5) is 0 Å². The number of fused-ring (bicyclic) bond motifs is 1. The van der Waals surface area contributed by atoms with Crippen molar-refractivity contribution in [3.8, 4) is 0 Å². The van der Waals surface area contributed by atoms with Crippen molar-refractivity contribution in [3.05, 3.63) is 36.0 Å². The fourth-order valence-electron chi connectivity index (χ4n) is 3.84. The molecular formula is C18H27N3. The minimum absolute atomic E-state index is 0.497. The van der Waals surface area contributed by atoms with Gasteiger partial charge in [0.15, 0.2) is 0 Å². The van der Waals surface area contributed by atoms with Crippen LogP contribution in [-0.2, 0) is 6.54 Å². The smallest absolute Gasteiger partial charge is 0.0483 e. The van der Waals surface area contributed by atoms with Gasteiger partial charge in [0.1, 0.15) is 0 Å². The number of aromatic nitrogens is 1. The maximum atomic E-state index is 6.19. The van der Waals surface area contributed by atoms with Gasteiger partial charge in [-0.2, -0.15) is 0 Å². The van der Waals surface area contributed by atoms with Gasteiger partial charge in [-0.25, -0.2) is 0 Å². The van der Waals surface area contributed by atoms with Crippen molar-refractivity contribution in [3.63, 3.8) is 0 Å². The monoisotopic (exact) mass is 285 g/mol. The Hall–Kier alpha value is -1.32. The lowest BCUT2D eigenvalue weighted by atomic mass is 9.80. The molecule has 0 amide bonds. The van der Waals surface area contributed by atoms with Crippen LogP contribution < -0.4 is 5.73 Å². The molecule has 1 aromatic carbocycles. The van der Waals surface area contributed by atoms with E-state index in [1.807, 2.05) is 0 Å². The Morgan fingerprint density at radius 1 is 1.24 bits per heavy atom. The van der Waals surface area contributed by atoms with Crippen LogP contribution in [0.2, 0.25) is 0 Å². The van der Waals surface area contributed by atoms with Crippen LogP contribution >= 0.6 is 0 Å². The summed E-state index contributed by atoms with van der Waals surface area (Å²) >= 11 is 0. The molecule has 0 bridgehead atoms. The summed E-state index contributed by atoms with van der Waals surface area (Å²) < 4.78 is 2.36. The zero-order valence-electron chi connectivity index (χ0n) is 13.3. The number of nitrogens with zero attached hydrogens (tertiary/aromatic N) is 2. The molecule has 2 heterocycles. The lowest BCUT2D eigenvalue weighted by molar-refractivity contribution is 0.199. The van der Waals surface area contributed by atoms with Crippen molar-refractivity contribution in [1.82, 2.24) is 9.47 Å². The summed E-state index contributed by atoms with van der Waals surface area (Å²) in [5.41, 5.74) is 9.00. The third-order valence-electron chi connectivity index (χ3n) is 5.15. The van der Waals surface area contributed by atoms with Gasteiger partial charge in [-0.3, -0.25) is 0 Å². The maximum absolute atomic E-state index is 6.19. The lowest BCUT2D eigenvalue weighted by Crippen LogP contribution is -2.34. The van der Waals surface area contributed by atoms with Gasteiger partial charge in [0.2, 0.25) is 0 Å². The molecule has 2 aromatic rings. The summed E-state index contributed by atoms with van der Waals surface area (Å²) in [6, 6.07) is 8.76. The van der Waals surface area contributed by atoms with Crippen molar-refractivity contribution in [1.29, 1.82) is 0 Å². The van der Waals surface area contributed by atoms with Crippen molar-refractivity contribution < 1.29 is 0 Å². The van der Waals surface area contributed by atoms with Crippen molar-refractivity contribution >= 4 is 10.9 Å². The molecule has 1 unspecified atom stereocenters. The standard InChI is InChI=1S/C18H27N3/c1-3-21-13-17(15-6-4-5-7-18(15)21)16(12-19)14-8-10-20(2)11-9-14/h4-7,13-14,16H,3,8-12,19H2,1-2H3. The van der Waals surface area contributed by atoms with Crippen LogP contribution in [0.5, 0.6) is 0 Å². The number of benzene rings is 1. The summed E-state index contributed by atoms with van der Waals surface area (Å²) in [5.74, 6) is 1.22. The Morgan fingerprint density at radius 3 is 2.62 bits per heavy atom. The topological polar surface area (TPSA) is 34.2 Å². The molecule has 0 radical (unpaired) electrons. The molecule has 114 valence electrons. The summed E-state index contributed by atoms with van der Waals surface area (Å²) in [6.45, 7) is 6.39. The van der Waals surface area contributed by atoms with Crippen molar-refractivity contribution in [2.45, 2.75) is 32.2 Å². The third-order valence-corrected chi connectivity index (χ3v) is 5.15. The molecule has 0 aliphatic carbocycles. The van der Waals surface area contributed by atoms with E-state index in [0.29, 0.717) is 5.92 Å². The molecule has 1 fully saturated rings. The molecule has 2 N–H and O–H groups in total. The van der Waals surface area contributed by atoms with Gasteiger partial charge in [0.25, 0.3) is 0 Å². The molecular weight excluding hydrogens is 258 g/mol. The summed E-state index contributed by atoms with van der Waals surface area (Å²) in [4.78, 5) is 2.43. The van der Waals surface area contributed by atoms with E-state index in [4.69, 9.17) is 5.73 Å². The highest BCUT2D eigenvalue weighted by molar-refractivity contribution is 5.84. The van der Waals surface area contributed by atoms with Crippen LogP contribution in [0.15, 0.2) is 30.5 Å². The van der Waals surface area contributed by atoms with Crippen LogP contribution in [-0.4, -0.2) is 36.1 Å². The molecule has 1 saturated heterocycles. The molecule has 3 nitrogen and oxygen atoms in total. The average Bonchev–Trinajstić information content (AvgIpc) is 2.89. The fraction of sp³-hybridized carbons (Fsp3) is 0.556. The minimum atomic E-state index is 0.497. The third kappa shape index (κ3) is 2.72. The lowest BCUT2D eigenvalue weighted by Gasteiger charge is -2.33. The van der Waals surface area contributed by atoms with E-state index in [1.165, 1.54) is 42.4 Å². The Bertz CT molecular complexity index is 594. The Labute approximate surface area is 127 Å². The number of hydrogen-bond acceptors (Lipinski definition) is 2. The zero-order valence-corrected chi connectivity index (χ0v) is 13.3. The number of piperidine rings is 1. The van der Waals surface area contributed by atoms with Crippen LogP contribution in [0, 0.1) is 5.92 Å². The Morgan fingerprint density at radius 2 is 1.95 bits per heavy atom. The van der Waals surface area contributed by atoms with Crippen LogP contribution in [0.1, 0.15) is 31.2 Å². The van der Waals surface area contributed by atoms with Gasteiger partial charge in [0, 0.05) is 29.6 Å². The SMILES string of the molecule is CCn1cc(C(CN)C2CCN(C)CC2)c2ccccc21. The predicted octanol–water partition coefficient (Wildman–Crippen LogP) is 3.05. The second-order valence-electron chi connectivity index (χ2n) is 6.37. The second-order valence-corrected chi connectivity index (χ2v) is 6.37. The molecule has 1 atom stereocenters. The molecule has 21 heavy (non-hydrogen) atoms. The van der Waals surface area contributed by atoms with E-state index in [2.05, 4.69) is 53.9 Å². The summed E-state index contributed by atoms with van der Waals surface area (Å²) in [5, 5.41) is 1.40. The number of para-hydroxylation sites is 1. The molecule has 3 rings (SSSR count). The first-order valence-electron chi connectivity index (χ1n) is 8.21. The van der Waals surface area contributed by atoms with Crippen molar-refractivity contribution in [2.75, 3.05) is 26.7 Å². The first-order valence-corrected chi connectivity index (χ1v) is 8.21. The van der Waals surface area contributed by atoms with Crippen molar-refractivity contribution in [2.24, 2.45) is 11.7 Å². The van der Waals surface area contributed by atoms with E-state index in [9.17, 15) is 0 Å². The van der Waals surface area contributed by atoms with Gasteiger partial charge >= 0.3 is 0 Å². The number of hydrogen-bond donors (Lipinski definition) is 1. The predicted molar refractivity (Wildman–Crippen MR) is 89.6 cm³/mol. The Kier molecular flexibility index (Phi) is 4.32. The molecule has 1 aliphatic rings. The number of nitrogens with two attached hydrogens (primary N) is 1. The minimum Gasteiger partial charge on any atom is -0.347 e. The highest BCUT2D eigenvalue weighted by Crippen LogP contribution is 2.36. The van der Waals surface area contributed by atoms with Crippen LogP contribution in [0.25, 0.3) is 10.9 Å². The largest absolute Gasteiger partial charge is 0.347 e. The van der Waals surface area contributed by atoms with E-state index in [-0.39, 0.29) is 0 Å². The van der Waals surface area contributed by atoms with Gasteiger partial charge in [0.05, 0.1) is 0 Å². The Balaban J connectivity index is 1.97. The summed E-state index contributed by atoms with van der Waals surface area (Å²) in [6.07, 6.45) is 4.88. The second kappa shape index (κ2) is 6.20. The highest BCUT2D eigenvalue weighted by Gasteiger charge is 2.27. The van der Waals surface area contributed by atoms with Gasteiger partial charge in [-0.15, -0.1) is 0 Å².